The topological polar surface area (TPSA) is 70.4 Å². The molecule has 1 heterocycles. The number of nitrogens with zero attached hydrogens (tertiary/aromatic N) is 2. The Labute approximate surface area is 143 Å². The van der Waals surface area contributed by atoms with E-state index in [0.717, 1.165) is 17.7 Å². The van der Waals surface area contributed by atoms with Crippen molar-refractivity contribution < 1.29 is 17.9 Å². The summed E-state index contributed by atoms with van der Waals surface area (Å²) in [7, 11) is 0. The zero-order valence-corrected chi connectivity index (χ0v) is 13.7. The van der Waals surface area contributed by atoms with Crippen LogP contribution in [0.3, 0.4) is 0 Å². The molecule has 8 heteroatoms. The highest BCUT2D eigenvalue weighted by molar-refractivity contribution is 5.49. The van der Waals surface area contributed by atoms with Gasteiger partial charge in [-0.3, -0.25) is 0 Å². The van der Waals surface area contributed by atoms with Crippen LogP contribution in [0.15, 0.2) is 53.5 Å². The molecule has 0 saturated carbocycles. The van der Waals surface area contributed by atoms with Crippen LogP contribution in [0.5, 0.6) is 5.88 Å². The van der Waals surface area contributed by atoms with E-state index in [-0.39, 0.29) is 18.0 Å². The molecule has 25 heavy (non-hydrogen) atoms. The molecule has 0 saturated heterocycles. The highest BCUT2D eigenvalue weighted by atomic mass is 19.3. The summed E-state index contributed by atoms with van der Waals surface area (Å²) < 4.78 is 45.6. The molecule has 1 aromatic carbocycles. The van der Waals surface area contributed by atoms with E-state index in [0.29, 0.717) is 12.8 Å². The lowest BCUT2D eigenvalue weighted by atomic mass is 10.1. The van der Waals surface area contributed by atoms with Crippen molar-refractivity contribution in [1.29, 1.82) is 5.53 Å². The third-order valence-corrected chi connectivity index (χ3v) is 3.25. The van der Waals surface area contributed by atoms with Crippen molar-refractivity contribution in [2.75, 3.05) is 11.9 Å². The van der Waals surface area contributed by atoms with Crippen LogP contribution in [0, 0.1) is 18.3 Å². The van der Waals surface area contributed by atoms with Crippen LogP contribution in [0.4, 0.5) is 18.9 Å². The van der Waals surface area contributed by atoms with Crippen LogP contribution in [-0.4, -0.2) is 11.6 Å². The number of hydrogen-bond acceptors (Lipinski definition) is 5. The van der Waals surface area contributed by atoms with Gasteiger partial charge >= 0.3 is 0 Å². The summed E-state index contributed by atoms with van der Waals surface area (Å²) in [5.74, 6) is -3.90. The van der Waals surface area contributed by atoms with Gasteiger partial charge in [0, 0.05) is 31.1 Å². The summed E-state index contributed by atoms with van der Waals surface area (Å²) in [6.07, 6.45) is 2.92. The third-order valence-electron chi connectivity index (χ3n) is 3.25. The van der Waals surface area contributed by atoms with Crippen molar-refractivity contribution in [2.45, 2.75) is 19.8 Å². The predicted octanol–water partition coefficient (Wildman–Crippen LogP) is 5.00. The number of halogens is 3. The summed E-state index contributed by atoms with van der Waals surface area (Å²) in [5.41, 5.74) is 7.85. The van der Waals surface area contributed by atoms with Crippen LogP contribution in [0.1, 0.15) is 18.1 Å². The Hall–Kier alpha value is -2.90. The summed E-state index contributed by atoms with van der Waals surface area (Å²) in [4.78, 5) is 4.01. The van der Waals surface area contributed by atoms with E-state index in [1.807, 2.05) is 13.0 Å². The van der Waals surface area contributed by atoms with Crippen LogP contribution in [0.25, 0.3) is 0 Å². The van der Waals surface area contributed by atoms with E-state index < -0.39 is 17.3 Å². The number of pyridine rings is 1. The van der Waals surface area contributed by atoms with Crippen molar-refractivity contribution in [3.05, 3.63) is 65.4 Å². The second kappa shape index (κ2) is 7.78. The van der Waals surface area contributed by atoms with Gasteiger partial charge in [-0.05, 0) is 36.8 Å². The van der Waals surface area contributed by atoms with Gasteiger partial charge in [0.05, 0.1) is 5.56 Å². The maximum absolute atomic E-state index is 13.5. The number of alkyl halides is 2. The molecule has 0 amide bonds. The molecule has 5 nitrogen and oxygen atoms in total. The summed E-state index contributed by atoms with van der Waals surface area (Å²) in [6, 6.07) is 6.82. The van der Waals surface area contributed by atoms with E-state index in [1.54, 1.807) is 12.3 Å². The second-order valence-electron chi connectivity index (χ2n) is 5.43. The maximum atomic E-state index is 13.5. The van der Waals surface area contributed by atoms with Gasteiger partial charge in [-0.1, -0.05) is 0 Å². The number of ether oxygens (including phenoxy) is 1. The Morgan fingerprint density at radius 2 is 2.12 bits per heavy atom. The molecule has 0 aliphatic heterocycles. The molecule has 2 N–H and O–H groups in total. The Bertz CT molecular complexity index is 788. The maximum Gasteiger partial charge on any atom is 0.273 e. The van der Waals surface area contributed by atoms with Crippen LogP contribution < -0.4 is 10.1 Å². The fraction of sp³-hybridized carbons (Fsp3) is 0.235. The minimum absolute atomic E-state index is 0.0368. The molecule has 0 atom stereocenters. The van der Waals surface area contributed by atoms with Crippen molar-refractivity contribution in [1.82, 2.24) is 4.98 Å². The van der Waals surface area contributed by atoms with E-state index in [4.69, 9.17) is 10.3 Å². The van der Waals surface area contributed by atoms with Gasteiger partial charge in [-0.15, -0.1) is 0 Å². The van der Waals surface area contributed by atoms with E-state index in [2.05, 4.69) is 15.4 Å². The first-order chi connectivity index (χ1) is 11.8. The van der Waals surface area contributed by atoms with E-state index in [9.17, 15) is 13.2 Å². The molecule has 2 rings (SSSR count). The molecule has 132 valence electrons. The molecule has 2 aromatic rings. The van der Waals surface area contributed by atoms with Gasteiger partial charge in [0.1, 0.15) is 18.1 Å². The molecular weight excluding hydrogens is 333 g/mol. The lowest BCUT2D eigenvalue weighted by molar-refractivity contribution is 0.0138. The molecular formula is C17H17F3N4O. The van der Waals surface area contributed by atoms with Crippen LogP contribution in [-0.2, 0) is 5.92 Å². The number of benzene rings is 1. The summed E-state index contributed by atoms with van der Waals surface area (Å²) in [5, 5.41) is 6.01. The molecule has 0 fully saturated rings. The van der Waals surface area contributed by atoms with Gasteiger partial charge < -0.3 is 10.1 Å². The first-order valence-corrected chi connectivity index (χ1v) is 7.36. The number of aryl methyl sites for hydroxylation is 1. The van der Waals surface area contributed by atoms with Crippen molar-refractivity contribution in [2.24, 2.45) is 5.11 Å². The van der Waals surface area contributed by atoms with Gasteiger partial charge in [0.25, 0.3) is 5.92 Å². The van der Waals surface area contributed by atoms with Gasteiger partial charge in [0.2, 0.25) is 5.88 Å². The van der Waals surface area contributed by atoms with Gasteiger partial charge in [-0.25, -0.2) is 23.7 Å². The zero-order valence-electron chi connectivity index (χ0n) is 13.7. The summed E-state index contributed by atoms with van der Waals surface area (Å²) >= 11 is 0. The van der Waals surface area contributed by atoms with Crippen molar-refractivity contribution in [3.8, 4) is 5.88 Å². The Morgan fingerprint density at radius 3 is 2.76 bits per heavy atom. The smallest absolute Gasteiger partial charge is 0.273 e. The van der Waals surface area contributed by atoms with E-state index >= 15 is 0 Å². The van der Waals surface area contributed by atoms with Crippen LogP contribution in [0.2, 0.25) is 0 Å². The zero-order chi connectivity index (χ0) is 18.4. The second-order valence-corrected chi connectivity index (χ2v) is 5.43. The molecule has 0 spiro atoms. The van der Waals surface area contributed by atoms with E-state index in [1.165, 1.54) is 12.3 Å². The minimum atomic E-state index is -3.30. The Kier molecular flexibility index (Phi) is 5.74. The lowest BCUT2D eigenvalue weighted by Crippen LogP contribution is -2.10. The number of hydrogen-bond donors (Lipinski definition) is 2. The Morgan fingerprint density at radius 1 is 1.36 bits per heavy atom. The highest BCUT2D eigenvalue weighted by Crippen LogP contribution is 2.31. The fourth-order valence-electron chi connectivity index (χ4n) is 1.96. The van der Waals surface area contributed by atoms with Crippen LogP contribution >= 0.6 is 0 Å². The number of anilines is 1. The molecule has 0 radical (unpaired) electrons. The first-order valence-electron chi connectivity index (χ1n) is 7.36. The monoisotopic (exact) mass is 350 g/mol. The van der Waals surface area contributed by atoms with Crippen molar-refractivity contribution >= 4 is 5.69 Å². The van der Waals surface area contributed by atoms with Gasteiger partial charge in [-0.2, -0.15) is 5.11 Å². The molecule has 0 aliphatic carbocycles. The largest absolute Gasteiger partial charge is 0.471 e. The lowest BCUT2D eigenvalue weighted by Gasteiger charge is -2.13. The molecule has 0 unspecified atom stereocenters. The number of rotatable bonds is 7. The Balaban J connectivity index is 2.07. The molecule has 0 bridgehead atoms. The highest BCUT2D eigenvalue weighted by Gasteiger charge is 2.28. The standard InChI is InChI=1S/C17H17F3N4O/c1-11-5-6-22-16(7-11)25-10-13(24-21)9-23-12-3-4-15(18)14(8-12)17(2,19)20/h3-9,21,23H,10H2,1-2H3/b13-9-,24-21?. The molecule has 0 aliphatic rings. The molecule has 1 aromatic heterocycles. The van der Waals surface area contributed by atoms with Crippen molar-refractivity contribution in [3.63, 3.8) is 0 Å². The first kappa shape index (κ1) is 18.4. The predicted molar refractivity (Wildman–Crippen MR) is 87.3 cm³/mol. The minimum Gasteiger partial charge on any atom is -0.471 e. The third kappa shape index (κ3) is 5.30. The SMILES string of the molecule is Cc1ccnc(OC/C(=C/Nc2ccc(F)c(C(C)(F)F)c2)N=N)c1. The quantitative estimate of drug-likeness (QED) is 0.690. The average molecular weight is 350 g/mol. The van der Waals surface area contributed by atoms with Gasteiger partial charge in [0.15, 0.2) is 0 Å². The average Bonchev–Trinajstić information content (AvgIpc) is 2.55. The number of aromatic nitrogens is 1. The number of nitrogens with one attached hydrogen (secondary N) is 2. The normalized spacial score (nSPS) is 12.0. The fourth-order valence-corrected chi connectivity index (χ4v) is 1.96. The summed E-state index contributed by atoms with van der Waals surface area (Å²) in [6.45, 7) is 2.47.